The molecule has 0 spiro atoms. The monoisotopic (exact) mass is 434 g/mol. The Kier molecular flexibility index (Phi) is 8.27. The molecule has 0 radical (unpaired) electrons. The summed E-state index contributed by atoms with van der Waals surface area (Å²) in [4.78, 5) is 17.0. The largest absolute Gasteiger partial charge is 0.341 e. The fraction of sp³-hybridized carbons (Fsp3) is 0.296. The summed E-state index contributed by atoms with van der Waals surface area (Å²) in [6, 6.07) is 24.2. The maximum Gasteiger partial charge on any atom is 0.253 e. The normalized spacial score (nSPS) is 11.0. The molecule has 0 aliphatic rings. The fourth-order valence-electron chi connectivity index (χ4n) is 3.58. The van der Waals surface area contributed by atoms with Crippen LogP contribution in [0.25, 0.3) is 11.1 Å². The van der Waals surface area contributed by atoms with E-state index in [-0.39, 0.29) is 5.91 Å². The van der Waals surface area contributed by atoms with E-state index in [0.717, 1.165) is 42.2 Å². The van der Waals surface area contributed by atoms with Crippen LogP contribution in [0.3, 0.4) is 0 Å². The molecule has 0 saturated carbocycles. The molecule has 3 rings (SSSR count). The summed E-state index contributed by atoms with van der Waals surface area (Å²) in [5, 5.41) is 0.718. The predicted octanol–water partition coefficient (Wildman–Crippen LogP) is 6.16. The van der Waals surface area contributed by atoms with E-state index >= 15 is 0 Å². The summed E-state index contributed by atoms with van der Waals surface area (Å²) in [5.41, 5.74) is 5.44. The topological polar surface area (TPSA) is 23.6 Å². The van der Waals surface area contributed by atoms with Gasteiger partial charge in [0.2, 0.25) is 0 Å². The van der Waals surface area contributed by atoms with Crippen LogP contribution in [0.5, 0.6) is 0 Å². The van der Waals surface area contributed by atoms with Crippen LogP contribution >= 0.6 is 11.6 Å². The van der Waals surface area contributed by atoms with Gasteiger partial charge in [0.1, 0.15) is 0 Å². The Bertz CT molecular complexity index is 962. The number of hydrogen-bond donors (Lipinski definition) is 0. The number of nitrogens with zero attached hydrogens (tertiary/aromatic N) is 2. The molecule has 0 heterocycles. The number of hydrogen-bond acceptors (Lipinski definition) is 2. The van der Waals surface area contributed by atoms with Gasteiger partial charge in [-0.05, 0) is 66.0 Å². The fourth-order valence-corrected chi connectivity index (χ4v) is 3.71. The van der Waals surface area contributed by atoms with Crippen molar-refractivity contribution < 1.29 is 4.79 Å². The van der Waals surface area contributed by atoms with Crippen LogP contribution in [0.4, 0.5) is 0 Å². The average Bonchev–Trinajstić information content (AvgIpc) is 2.82. The third kappa shape index (κ3) is 6.43. The second-order valence-electron chi connectivity index (χ2n) is 7.84. The maximum atomic E-state index is 12.8. The number of carbonyl (C=O) groups is 1. The Morgan fingerprint density at radius 1 is 0.774 bits per heavy atom. The zero-order valence-corrected chi connectivity index (χ0v) is 19.4. The van der Waals surface area contributed by atoms with Crippen LogP contribution in [-0.2, 0) is 13.0 Å². The Morgan fingerprint density at radius 3 is 1.84 bits per heavy atom. The molecule has 1 amide bonds. The molecule has 162 valence electrons. The second kappa shape index (κ2) is 11.1. The van der Waals surface area contributed by atoms with Crippen molar-refractivity contribution in [3.05, 3.63) is 94.5 Å². The number of likely N-dealkylation sites (N-methyl/N-ethyl adjacent to an activating group) is 1. The highest BCUT2D eigenvalue weighted by Gasteiger charge is 2.12. The van der Waals surface area contributed by atoms with E-state index < -0.39 is 0 Å². The van der Waals surface area contributed by atoms with Gasteiger partial charge < -0.3 is 4.90 Å². The summed E-state index contributed by atoms with van der Waals surface area (Å²) in [6.07, 6.45) is 0.844. The summed E-state index contributed by atoms with van der Waals surface area (Å²) in [6.45, 7) is 8.18. The molecule has 0 aliphatic heterocycles. The van der Waals surface area contributed by atoms with Crippen molar-refractivity contribution in [2.75, 3.05) is 26.7 Å². The highest BCUT2D eigenvalue weighted by molar-refractivity contribution is 6.30. The number of amides is 1. The van der Waals surface area contributed by atoms with E-state index in [4.69, 9.17) is 11.6 Å². The zero-order chi connectivity index (χ0) is 22.2. The lowest BCUT2D eigenvalue weighted by atomic mass is 10.0. The van der Waals surface area contributed by atoms with Crippen molar-refractivity contribution in [1.82, 2.24) is 9.80 Å². The molecular weight excluding hydrogens is 404 g/mol. The van der Waals surface area contributed by atoms with E-state index in [1.807, 2.05) is 55.6 Å². The Balaban J connectivity index is 1.55. The molecule has 0 aliphatic carbocycles. The molecule has 3 aromatic carbocycles. The lowest BCUT2D eigenvalue weighted by Gasteiger charge is -2.19. The first-order valence-corrected chi connectivity index (χ1v) is 11.3. The number of carbonyl (C=O) groups excluding carboxylic acids is 1. The second-order valence-corrected chi connectivity index (χ2v) is 8.28. The van der Waals surface area contributed by atoms with E-state index in [0.29, 0.717) is 12.1 Å². The first-order chi connectivity index (χ1) is 15.0. The highest BCUT2D eigenvalue weighted by atomic mass is 35.5. The van der Waals surface area contributed by atoms with Gasteiger partial charge >= 0.3 is 0 Å². The summed E-state index contributed by atoms with van der Waals surface area (Å²) in [5.74, 6) is 0.0424. The van der Waals surface area contributed by atoms with Crippen molar-refractivity contribution in [1.29, 1.82) is 0 Å². The predicted molar refractivity (Wildman–Crippen MR) is 131 cm³/mol. The molecule has 0 saturated heterocycles. The van der Waals surface area contributed by atoms with Gasteiger partial charge in [-0.15, -0.1) is 0 Å². The molecule has 0 fully saturated rings. The lowest BCUT2D eigenvalue weighted by molar-refractivity contribution is 0.0796. The zero-order valence-electron chi connectivity index (χ0n) is 18.6. The van der Waals surface area contributed by atoms with E-state index in [1.165, 1.54) is 11.1 Å². The molecule has 4 heteroatoms. The van der Waals surface area contributed by atoms with Crippen molar-refractivity contribution in [3.8, 4) is 11.1 Å². The van der Waals surface area contributed by atoms with Crippen LogP contribution in [0.2, 0.25) is 5.02 Å². The SMILES string of the molecule is CCN(CC)Cc1ccc(CCN(C)C(=O)c2ccc(-c3ccc(Cl)cc3)cc2)cc1. The van der Waals surface area contributed by atoms with Crippen LogP contribution in [0.15, 0.2) is 72.8 Å². The van der Waals surface area contributed by atoms with Gasteiger partial charge in [0.15, 0.2) is 0 Å². The lowest BCUT2D eigenvalue weighted by Crippen LogP contribution is -2.28. The van der Waals surface area contributed by atoms with Gasteiger partial charge in [0.25, 0.3) is 5.91 Å². The molecule has 0 aromatic heterocycles. The van der Waals surface area contributed by atoms with Gasteiger partial charge in [0.05, 0.1) is 0 Å². The molecule has 0 N–H and O–H groups in total. The van der Waals surface area contributed by atoms with E-state index in [2.05, 4.69) is 43.0 Å². The minimum absolute atomic E-state index is 0.0424. The average molecular weight is 435 g/mol. The highest BCUT2D eigenvalue weighted by Crippen LogP contribution is 2.22. The molecule has 3 nitrogen and oxygen atoms in total. The third-order valence-corrected chi connectivity index (χ3v) is 5.97. The van der Waals surface area contributed by atoms with Crippen molar-refractivity contribution in [2.45, 2.75) is 26.8 Å². The van der Waals surface area contributed by atoms with Crippen LogP contribution in [-0.4, -0.2) is 42.4 Å². The van der Waals surface area contributed by atoms with Crippen molar-refractivity contribution in [2.24, 2.45) is 0 Å². The molecule has 0 unspecified atom stereocenters. The third-order valence-electron chi connectivity index (χ3n) is 5.72. The van der Waals surface area contributed by atoms with Gasteiger partial charge in [-0.1, -0.05) is 74.0 Å². The van der Waals surface area contributed by atoms with Gasteiger partial charge in [-0.2, -0.15) is 0 Å². The molecule has 0 bridgehead atoms. The Hall–Kier alpha value is -2.62. The number of halogens is 1. The van der Waals surface area contributed by atoms with E-state index in [9.17, 15) is 4.79 Å². The van der Waals surface area contributed by atoms with Crippen LogP contribution < -0.4 is 0 Å². The van der Waals surface area contributed by atoms with Gasteiger partial charge in [-0.25, -0.2) is 0 Å². The molecule has 31 heavy (non-hydrogen) atoms. The molecule has 3 aromatic rings. The van der Waals surface area contributed by atoms with Crippen molar-refractivity contribution >= 4 is 17.5 Å². The number of benzene rings is 3. The van der Waals surface area contributed by atoms with Gasteiger partial charge in [0, 0.05) is 30.7 Å². The first kappa shape index (κ1) is 23.1. The maximum absolute atomic E-state index is 12.8. The standard InChI is InChI=1S/C27H31ClN2O/c1-4-30(5-2)20-22-8-6-21(7-9-22)18-19-29(3)27(31)25-12-10-23(11-13-25)24-14-16-26(28)17-15-24/h6-17H,4-5,18-20H2,1-3H3. The smallest absolute Gasteiger partial charge is 0.253 e. The minimum Gasteiger partial charge on any atom is -0.341 e. The van der Waals surface area contributed by atoms with Gasteiger partial charge in [-0.3, -0.25) is 9.69 Å². The van der Waals surface area contributed by atoms with E-state index in [1.54, 1.807) is 4.90 Å². The first-order valence-electron chi connectivity index (χ1n) is 10.9. The number of rotatable bonds is 9. The van der Waals surface area contributed by atoms with Crippen LogP contribution in [0, 0.1) is 0 Å². The summed E-state index contributed by atoms with van der Waals surface area (Å²) in [7, 11) is 1.87. The minimum atomic E-state index is 0.0424. The van der Waals surface area contributed by atoms with Crippen molar-refractivity contribution in [3.63, 3.8) is 0 Å². The van der Waals surface area contributed by atoms with Crippen LogP contribution in [0.1, 0.15) is 35.3 Å². The quantitative estimate of drug-likeness (QED) is 0.402. The molecule has 0 atom stereocenters. The Labute approximate surface area is 191 Å². The Morgan fingerprint density at radius 2 is 1.29 bits per heavy atom. The molecular formula is C27H31ClN2O. The summed E-state index contributed by atoms with van der Waals surface area (Å²) < 4.78 is 0. The summed E-state index contributed by atoms with van der Waals surface area (Å²) >= 11 is 5.96.